The van der Waals surface area contributed by atoms with E-state index in [1.54, 1.807) is 4.90 Å². The molecule has 4 nitrogen and oxygen atoms in total. The van der Waals surface area contributed by atoms with Crippen LogP contribution in [0.3, 0.4) is 0 Å². The molecule has 3 heterocycles. The molecule has 0 aromatic heterocycles. The quantitative estimate of drug-likeness (QED) is 0.837. The molecular weight excluding hydrogens is 356 g/mol. The minimum Gasteiger partial charge on any atom is -0.465 e. The first-order chi connectivity index (χ1) is 13.2. The maximum Gasteiger partial charge on any atom is 0.407 e. The van der Waals surface area contributed by atoms with Gasteiger partial charge in [0, 0.05) is 36.5 Å². The molecule has 0 spiro atoms. The predicted octanol–water partition coefficient (Wildman–Crippen LogP) is 4.43. The van der Waals surface area contributed by atoms with Gasteiger partial charge in [0.25, 0.3) is 0 Å². The number of rotatable bonds is 2. The first-order valence-corrected chi connectivity index (χ1v) is 10.8. The van der Waals surface area contributed by atoms with Crippen LogP contribution < -0.4 is 4.90 Å². The van der Waals surface area contributed by atoms with Crippen molar-refractivity contribution in [3.8, 4) is 0 Å². The summed E-state index contributed by atoms with van der Waals surface area (Å²) in [5.74, 6) is 1.47. The minimum atomic E-state index is -0.782. The molecule has 5 heteroatoms. The average molecular weight is 381 g/mol. The molecular formula is C22H24N2O2S. The number of fused-ring (bicyclic) bond motifs is 3. The second-order valence-electron chi connectivity index (χ2n) is 7.78. The Morgan fingerprint density at radius 2 is 2.00 bits per heavy atom. The topological polar surface area (TPSA) is 43.8 Å². The third-order valence-corrected chi connectivity index (χ3v) is 7.27. The zero-order valence-electron chi connectivity index (χ0n) is 15.3. The number of thioether (sulfide) groups is 1. The number of hydrogen-bond acceptors (Lipinski definition) is 3. The van der Waals surface area contributed by atoms with Crippen LogP contribution in [0.1, 0.15) is 35.4 Å². The lowest BCUT2D eigenvalue weighted by atomic mass is 9.88. The fourth-order valence-corrected chi connectivity index (χ4v) is 6.07. The smallest absolute Gasteiger partial charge is 0.407 e. The van der Waals surface area contributed by atoms with E-state index in [4.69, 9.17) is 0 Å². The number of carbonyl (C=O) groups is 1. The largest absolute Gasteiger partial charge is 0.465 e. The fourth-order valence-electron chi connectivity index (χ4n) is 4.97. The van der Waals surface area contributed by atoms with Crippen molar-refractivity contribution in [3.63, 3.8) is 0 Å². The molecule has 0 aliphatic carbocycles. The molecule has 2 aromatic carbocycles. The first kappa shape index (κ1) is 17.0. The molecule has 2 atom stereocenters. The Kier molecular flexibility index (Phi) is 4.27. The summed E-state index contributed by atoms with van der Waals surface area (Å²) in [5, 5.41) is 9.50. The van der Waals surface area contributed by atoms with E-state index in [1.807, 2.05) is 11.8 Å². The Hall–Kier alpha value is -2.14. The Morgan fingerprint density at radius 1 is 1.15 bits per heavy atom. The van der Waals surface area contributed by atoms with E-state index in [9.17, 15) is 9.90 Å². The second kappa shape index (κ2) is 6.79. The lowest BCUT2D eigenvalue weighted by Crippen LogP contribution is -2.48. The van der Waals surface area contributed by atoms with E-state index in [2.05, 4.69) is 47.4 Å². The minimum absolute atomic E-state index is 0.304. The van der Waals surface area contributed by atoms with Crippen LogP contribution in [0.15, 0.2) is 47.4 Å². The van der Waals surface area contributed by atoms with Crippen molar-refractivity contribution in [2.45, 2.75) is 36.1 Å². The zero-order chi connectivity index (χ0) is 18.4. The van der Waals surface area contributed by atoms with E-state index in [-0.39, 0.29) is 0 Å². The third-order valence-electron chi connectivity index (χ3n) is 6.15. The monoisotopic (exact) mass is 380 g/mol. The maximum atomic E-state index is 11.6. The van der Waals surface area contributed by atoms with Gasteiger partial charge in [0.05, 0.1) is 5.69 Å². The van der Waals surface area contributed by atoms with Gasteiger partial charge in [-0.25, -0.2) is 4.79 Å². The van der Waals surface area contributed by atoms with Gasteiger partial charge in [0.15, 0.2) is 0 Å². The second-order valence-corrected chi connectivity index (χ2v) is 8.92. The molecule has 0 saturated carbocycles. The Morgan fingerprint density at radius 3 is 2.81 bits per heavy atom. The van der Waals surface area contributed by atoms with Gasteiger partial charge in [-0.3, -0.25) is 0 Å². The molecule has 140 valence electrons. The van der Waals surface area contributed by atoms with Crippen molar-refractivity contribution in [3.05, 3.63) is 59.2 Å². The van der Waals surface area contributed by atoms with Gasteiger partial charge in [-0.15, -0.1) is 11.8 Å². The number of anilines is 1. The van der Waals surface area contributed by atoms with Crippen molar-refractivity contribution >= 4 is 23.5 Å². The van der Waals surface area contributed by atoms with Crippen LogP contribution in [-0.4, -0.2) is 47.5 Å². The highest BCUT2D eigenvalue weighted by Crippen LogP contribution is 2.51. The Labute approximate surface area is 164 Å². The number of amides is 1. The van der Waals surface area contributed by atoms with E-state index >= 15 is 0 Å². The standard InChI is InChI=1S/C22H24N2O2S/c25-22(26)23-9-7-19-18(14-23)17-12-16(11-15-5-2-1-3-6-15)13-20-21(17)24(19)8-4-10-27-20/h1-3,5-6,12-13,18-19H,4,7-11,14H2,(H,25,26)/t18-,19-/m0/s1. The van der Waals surface area contributed by atoms with Crippen LogP contribution in [-0.2, 0) is 6.42 Å². The molecule has 0 unspecified atom stereocenters. The molecule has 27 heavy (non-hydrogen) atoms. The molecule has 2 aromatic rings. The third kappa shape index (κ3) is 2.98. The van der Waals surface area contributed by atoms with Crippen molar-refractivity contribution in [1.29, 1.82) is 0 Å². The van der Waals surface area contributed by atoms with Gasteiger partial charge in [0.2, 0.25) is 0 Å². The Bertz CT molecular complexity index is 870. The summed E-state index contributed by atoms with van der Waals surface area (Å²) >= 11 is 1.97. The Balaban J connectivity index is 1.56. The van der Waals surface area contributed by atoms with Crippen LogP contribution >= 0.6 is 11.8 Å². The summed E-state index contributed by atoms with van der Waals surface area (Å²) in [6, 6.07) is 15.8. The molecule has 3 aliphatic heterocycles. The van der Waals surface area contributed by atoms with E-state index in [0.717, 1.165) is 25.1 Å². The highest BCUT2D eigenvalue weighted by molar-refractivity contribution is 7.99. The summed E-state index contributed by atoms with van der Waals surface area (Å²) < 4.78 is 0. The number of hydrogen-bond donors (Lipinski definition) is 1. The van der Waals surface area contributed by atoms with E-state index in [0.29, 0.717) is 25.0 Å². The molecule has 1 saturated heterocycles. The molecule has 3 aliphatic rings. The first-order valence-electron chi connectivity index (χ1n) is 9.79. The maximum absolute atomic E-state index is 11.6. The van der Waals surface area contributed by atoms with Gasteiger partial charge >= 0.3 is 6.09 Å². The summed E-state index contributed by atoms with van der Waals surface area (Å²) in [7, 11) is 0. The highest BCUT2D eigenvalue weighted by atomic mass is 32.2. The summed E-state index contributed by atoms with van der Waals surface area (Å²) in [4.78, 5) is 17.2. The van der Waals surface area contributed by atoms with Crippen molar-refractivity contribution in [1.82, 2.24) is 4.90 Å². The molecule has 0 radical (unpaired) electrons. The number of piperidine rings is 1. The normalized spacial score (nSPS) is 23.6. The molecule has 1 amide bonds. The number of benzene rings is 2. The van der Waals surface area contributed by atoms with Crippen molar-refractivity contribution < 1.29 is 9.90 Å². The lowest BCUT2D eigenvalue weighted by Gasteiger charge is -2.37. The van der Waals surface area contributed by atoms with Gasteiger partial charge in [-0.1, -0.05) is 36.4 Å². The lowest BCUT2D eigenvalue weighted by molar-refractivity contribution is 0.127. The van der Waals surface area contributed by atoms with Gasteiger partial charge in [-0.2, -0.15) is 0 Å². The summed E-state index contributed by atoms with van der Waals surface area (Å²) in [5.41, 5.74) is 5.45. The molecule has 0 bridgehead atoms. The van der Waals surface area contributed by atoms with Gasteiger partial charge in [0.1, 0.15) is 0 Å². The number of likely N-dealkylation sites (tertiary alicyclic amines) is 1. The predicted molar refractivity (Wildman–Crippen MR) is 109 cm³/mol. The van der Waals surface area contributed by atoms with Gasteiger partial charge in [-0.05, 0) is 47.8 Å². The average Bonchev–Trinajstić information content (AvgIpc) is 2.83. The SMILES string of the molecule is O=C(O)N1CC[C@H]2[C@@H](C1)c1cc(Cc3ccccc3)cc3c1N2CCCS3. The fraction of sp³-hybridized carbons (Fsp3) is 0.409. The van der Waals surface area contributed by atoms with Crippen LogP contribution in [0.5, 0.6) is 0 Å². The molecule has 1 N–H and O–H groups in total. The van der Waals surface area contributed by atoms with E-state index < -0.39 is 6.09 Å². The zero-order valence-corrected chi connectivity index (χ0v) is 16.1. The van der Waals surface area contributed by atoms with Crippen LogP contribution in [0.2, 0.25) is 0 Å². The van der Waals surface area contributed by atoms with E-state index in [1.165, 1.54) is 33.7 Å². The van der Waals surface area contributed by atoms with Crippen LogP contribution in [0, 0.1) is 0 Å². The number of carboxylic acid groups (broad SMARTS) is 1. The highest BCUT2D eigenvalue weighted by Gasteiger charge is 2.44. The van der Waals surface area contributed by atoms with Crippen molar-refractivity contribution in [2.24, 2.45) is 0 Å². The molecule has 5 rings (SSSR count). The summed E-state index contributed by atoms with van der Waals surface area (Å²) in [6.45, 7) is 2.38. The van der Waals surface area contributed by atoms with Gasteiger partial charge < -0.3 is 14.9 Å². The van der Waals surface area contributed by atoms with Crippen LogP contribution in [0.25, 0.3) is 0 Å². The number of nitrogens with zero attached hydrogens (tertiary/aromatic N) is 2. The van der Waals surface area contributed by atoms with Crippen molar-refractivity contribution in [2.75, 3.05) is 30.3 Å². The summed E-state index contributed by atoms with van der Waals surface area (Å²) in [6.07, 6.45) is 2.28. The van der Waals surface area contributed by atoms with Crippen LogP contribution in [0.4, 0.5) is 10.5 Å². The molecule has 1 fully saturated rings.